The molecule has 3 aromatic rings. The van der Waals surface area contributed by atoms with Crippen LogP contribution in [0, 0.1) is 0 Å². The van der Waals surface area contributed by atoms with Crippen LogP contribution < -0.4 is 5.73 Å². The van der Waals surface area contributed by atoms with Gasteiger partial charge in [0.2, 0.25) is 11.7 Å². The molecule has 7 heteroatoms. The van der Waals surface area contributed by atoms with Crippen LogP contribution in [0.15, 0.2) is 65.7 Å². The summed E-state index contributed by atoms with van der Waals surface area (Å²) in [6.45, 7) is 0. The van der Waals surface area contributed by atoms with E-state index in [1.165, 1.54) is 30.5 Å². The fraction of sp³-hybridized carbons (Fsp3) is 0.0588. The number of hydrogen-bond donors (Lipinski definition) is 1. The predicted molar refractivity (Wildman–Crippen MR) is 91.0 cm³/mol. The number of imidazole rings is 1. The number of nitrogen functional groups attached to an aromatic ring is 1. The number of nitrogens with zero attached hydrogens (tertiary/aromatic N) is 2. The molecule has 0 spiro atoms. The van der Waals surface area contributed by atoms with Crippen molar-refractivity contribution in [1.82, 2.24) is 9.55 Å². The topological polar surface area (TPSA) is 95.0 Å². The summed E-state index contributed by atoms with van der Waals surface area (Å²) < 4.78 is 24.6. The van der Waals surface area contributed by atoms with Gasteiger partial charge in [0, 0.05) is 17.5 Å². The summed E-state index contributed by atoms with van der Waals surface area (Å²) in [6, 6.07) is 15.0. The van der Waals surface area contributed by atoms with Crippen LogP contribution in [-0.2, 0) is 9.84 Å². The molecule has 0 fully saturated rings. The van der Waals surface area contributed by atoms with Gasteiger partial charge in [-0.25, -0.2) is 13.4 Å². The van der Waals surface area contributed by atoms with Crippen molar-refractivity contribution in [3.05, 3.63) is 72.1 Å². The molecule has 122 valence electrons. The third-order valence-electron chi connectivity index (χ3n) is 3.58. The minimum absolute atomic E-state index is 0.162. The minimum Gasteiger partial charge on any atom is -0.369 e. The van der Waals surface area contributed by atoms with Crippen LogP contribution in [0.5, 0.6) is 0 Å². The Bertz CT molecular complexity index is 991. The van der Waals surface area contributed by atoms with Gasteiger partial charge in [-0.2, -0.15) is 0 Å². The SMILES string of the molecule is CS(=O)(=O)c1ccc(C(=O)c2cnc(N)n2-c2ccccc2)cc1. The zero-order chi connectivity index (χ0) is 17.3. The van der Waals surface area contributed by atoms with Gasteiger partial charge in [-0.3, -0.25) is 9.36 Å². The van der Waals surface area contributed by atoms with E-state index in [0.717, 1.165) is 11.9 Å². The molecule has 0 saturated heterocycles. The van der Waals surface area contributed by atoms with Gasteiger partial charge in [-0.15, -0.1) is 0 Å². The van der Waals surface area contributed by atoms with Crippen molar-refractivity contribution in [2.45, 2.75) is 4.90 Å². The normalized spacial score (nSPS) is 11.4. The van der Waals surface area contributed by atoms with E-state index in [2.05, 4.69) is 4.98 Å². The van der Waals surface area contributed by atoms with Crippen LogP contribution >= 0.6 is 0 Å². The number of ketones is 1. The van der Waals surface area contributed by atoms with E-state index >= 15 is 0 Å². The third-order valence-corrected chi connectivity index (χ3v) is 4.71. The number of carbonyl (C=O) groups excluding carboxylic acids is 1. The number of carbonyl (C=O) groups is 1. The summed E-state index contributed by atoms with van der Waals surface area (Å²) in [7, 11) is -3.31. The maximum absolute atomic E-state index is 12.7. The molecule has 2 N–H and O–H groups in total. The first-order valence-corrected chi connectivity index (χ1v) is 9.00. The van der Waals surface area contributed by atoms with Gasteiger partial charge in [-0.1, -0.05) is 18.2 Å². The molecule has 0 bridgehead atoms. The molecular formula is C17H15N3O3S. The van der Waals surface area contributed by atoms with Gasteiger partial charge in [-0.05, 0) is 36.4 Å². The molecule has 0 atom stereocenters. The molecule has 0 radical (unpaired) electrons. The highest BCUT2D eigenvalue weighted by molar-refractivity contribution is 7.90. The van der Waals surface area contributed by atoms with Crippen LogP contribution in [0.25, 0.3) is 5.69 Å². The van der Waals surface area contributed by atoms with Gasteiger partial charge in [0.05, 0.1) is 11.1 Å². The van der Waals surface area contributed by atoms with Gasteiger partial charge in [0.1, 0.15) is 5.69 Å². The number of nitrogens with two attached hydrogens (primary N) is 1. The number of para-hydroxylation sites is 1. The summed E-state index contributed by atoms with van der Waals surface area (Å²) in [4.78, 5) is 16.9. The third kappa shape index (κ3) is 2.93. The predicted octanol–water partition coefficient (Wildman–Crippen LogP) is 2.09. The van der Waals surface area contributed by atoms with Crippen LogP contribution in [0.2, 0.25) is 0 Å². The number of benzene rings is 2. The quantitative estimate of drug-likeness (QED) is 0.733. The Morgan fingerprint density at radius 2 is 1.67 bits per heavy atom. The van der Waals surface area contributed by atoms with Gasteiger partial charge < -0.3 is 5.73 Å². The summed E-state index contributed by atoms with van der Waals surface area (Å²) in [5.74, 6) is -0.0830. The Morgan fingerprint density at radius 3 is 2.25 bits per heavy atom. The van der Waals surface area contributed by atoms with Crippen molar-refractivity contribution < 1.29 is 13.2 Å². The van der Waals surface area contributed by atoms with Crippen molar-refractivity contribution in [2.75, 3.05) is 12.0 Å². The lowest BCUT2D eigenvalue weighted by Gasteiger charge is -2.09. The van der Waals surface area contributed by atoms with Gasteiger partial charge >= 0.3 is 0 Å². The lowest BCUT2D eigenvalue weighted by atomic mass is 10.1. The first-order valence-electron chi connectivity index (χ1n) is 7.11. The van der Waals surface area contributed by atoms with E-state index in [-0.39, 0.29) is 16.6 Å². The van der Waals surface area contributed by atoms with E-state index in [1.54, 1.807) is 4.57 Å². The van der Waals surface area contributed by atoms with Crippen LogP contribution in [0.3, 0.4) is 0 Å². The number of rotatable bonds is 4. The number of hydrogen-bond acceptors (Lipinski definition) is 5. The van der Waals surface area contributed by atoms with Crippen LogP contribution in [0.1, 0.15) is 16.1 Å². The summed E-state index contributed by atoms with van der Waals surface area (Å²) in [5, 5.41) is 0. The van der Waals surface area contributed by atoms with E-state index in [1.807, 2.05) is 30.3 Å². The lowest BCUT2D eigenvalue weighted by molar-refractivity contribution is 0.103. The standard InChI is InChI=1S/C17H15N3O3S/c1-24(22,23)14-9-7-12(8-10-14)16(21)15-11-19-17(18)20(15)13-5-3-2-4-6-13/h2-11H,1H3,(H2,18,19). The number of anilines is 1. The molecule has 1 heterocycles. The van der Waals surface area contributed by atoms with Crippen LogP contribution in [-0.4, -0.2) is 30.0 Å². The maximum Gasteiger partial charge on any atom is 0.211 e. The lowest BCUT2D eigenvalue weighted by Crippen LogP contribution is -2.11. The Labute approximate surface area is 139 Å². The second kappa shape index (κ2) is 5.93. The average molecular weight is 341 g/mol. The number of aromatic nitrogens is 2. The molecule has 6 nitrogen and oxygen atoms in total. The van der Waals surface area contributed by atoms with Crippen LogP contribution in [0.4, 0.5) is 5.95 Å². The molecule has 1 aromatic heterocycles. The highest BCUT2D eigenvalue weighted by Crippen LogP contribution is 2.20. The molecule has 0 saturated carbocycles. The zero-order valence-corrected chi connectivity index (χ0v) is 13.7. The van der Waals surface area contributed by atoms with Gasteiger partial charge in [0.25, 0.3) is 0 Å². The van der Waals surface area contributed by atoms with Crippen molar-refractivity contribution in [2.24, 2.45) is 0 Å². The highest BCUT2D eigenvalue weighted by atomic mass is 32.2. The first-order chi connectivity index (χ1) is 11.4. The molecule has 0 unspecified atom stereocenters. The van der Waals surface area contributed by atoms with Crippen molar-refractivity contribution >= 4 is 21.6 Å². The Kier molecular flexibility index (Phi) is 3.94. The second-order valence-electron chi connectivity index (χ2n) is 5.30. The molecule has 24 heavy (non-hydrogen) atoms. The molecule has 0 aliphatic carbocycles. The second-order valence-corrected chi connectivity index (χ2v) is 7.31. The summed E-state index contributed by atoms with van der Waals surface area (Å²) in [6.07, 6.45) is 2.53. The highest BCUT2D eigenvalue weighted by Gasteiger charge is 2.18. The molecule has 0 aliphatic heterocycles. The van der Waals surface area contributed by atoms with E-state index in [9.17, 15) is 13.2 Å². The Hall–Kier alpha value is -2.93. The fourth-order valence-electron chi connectivity index (χ4n) is 2.38. The molecule has 3 rings (SSSR count). The first kappa shape index (κ1) is 15.9. The fourth-order valence-corrected chi connectivity index (χ4v) is 3.01. The van der Waals surface area contributed by atoms with Crippen molar-refractivity contribution in [3.63, 3.8) is 0 Å². The van der Waals surface area contributed by atoms with E-state index in [4.69, 9.17) is 5.73 Å². The maximum atomic E-state index is 12.7. The van der Waals surface area contributed by atoms with Gasteiger partial charge in [0.15, 0.2) is 9.84 Å². The van der Waals surface area contributed by atoms with E-state index < -0.39 is 9.84 Å². The Morgan fingerprint density at radius 1 is 1.04 bits per heavy atom. The number of sulfone groups is 1. The zero-order valence-electron chi connectivity index (χ0n) is 12.9. The van der Waals surface area contributed by atoms with E-state index in [0.29, 0.717) is 11.3 Å². The summed E-state index contributed by atoms with van der Waals surface area (Å²) >= 11 is 0. The molecule has 2 aromatic carbocycles. The molecular weight excluding hydrogens is 326 g/mol. The average Bonchev–Trinajstić information content (AvgIpc) is 2.96. The van der Waals surface area contributed by atoms with Crippen molar-refractivity contribution in [1.29, 1.82) is 0 Å². The molecule has 0 amide bonds. The molecule has 0 aliphatic rings. The summed E-state index contributed by atoms with van der Waals surface area (Å²) in [5.41, 5.74) is 7.29. The largest absolute Gasteiger partial charge is 0.369 e. The smallest absolute Gasteiger partial charge is 0.211 e. The monoisotopic (exact) mass is 341 g/mol. The Balaban J connectivity index is 2.03. The van der Waals surface area contributed by atoms with Crippen molar-refractivity contribution in [3.8, 4) is 5.69 Å². The minimum atomic E-state index is -3.31.